The van der Waals surface area contributed by atoms with Crippen molar-refractivity contribution in [1.29, 1.82) is 0 Å². The molecule has 0 spiro atoms. The molecule has 2 amide bonds. The average Bonchev–Trinajstić information content (AvgIpc) is 3.20. The molecule has 4 N–H and O–H groups in total. The van der Waals surface area contributed by atoms with Crippen LogP contribution < -0.4 is 10.6 Å². The summed E-state index contributed by atoms with van der Waals surface area (Å²) in [7, 11) is 0. The molecule has 0 aromatic heterocycles. The lowest BCUT2D eigenvalue weighted by molar-refractivity contribution is -0.143. The minimum absolute atomic E-state index is 0.0155. The molecule has 2 aromatic carbocycles. The normalized spacial score (nSPS) is 20.8. The molecule has 3 atom stereocenters. The fraction of sp³-hybridized carbons (Fsp3) is 0.348. The second-order valence-corrected chi connectivity index (χ2v) is 8.05. The summed E-state index contributed by atoms with van der Waals surface area (Å²) in [5.74, 6) is -9.61. The molecule has 2 aromatic rings. The van der Waals surface area contributed by atoms with Crippen molar-refractivity contribution in [2.75, 3.05) is 19.8 Å². The van der Waals surface area contributed by atoms with E-state index in [0.717, 1.165) is 22.3 Å². The molecule has 0 bridgehead atoms. The van der Waals surface area contributed by atoms with E-state index >= 15 is 0 Å². The van der Waals surface area contributed by atoms with Gasteiger partial charge in [0.05, 0.1) is 12.5 Å². The number of halogens is 2. The summed E-state index contributed by atoms with van der Waals surface area (Å²) in [6.45, 7) is -1.43. The summed E-state index contributed by atoms with van der Waals surface area (Å²) in [6, 6.07) is 13.8. The monoisotopic (exact) mass is 460 g/mol. The number of benzene rings is 2. The Balaban J connectivity index is 1.32. The Morgan fingerprint density at radius 1 is 1.03 bits per heavy atom. The zero-order chi connectivity index (χ0) is 23.8. The zero-order valence-electron chi connectivity index (χ0n) is 17.3. The van der Waals surface area contributed by atoms with Crippen molar-refractivity contribution >= 4 is 18.0 Å². The van der Waals surface area contributed by atoms with Gasteiger partial charge in [-0.25, -0.2) is 18.4 Å². The zero-order valence-corrected chi connectivity index (χ0v) is 17.3. The molecule has 2 aliphatic carbocycles. The molecule has 8 nitrogen and oxygen atoms in total. The number of hydrogen-bond acceptors (Lipinski definition) is 5. The lowest BCUT2D eigenvalue weighted by atomic mass is 9.98. The summed E-state index contributed by atoms with van der Waals surface area (Å²) < 4.78 is 33.3. The van der Waals surface area contributed by atoms with Gasteiger partial charge in [-0.1, -0.05) is 48.5 Å². The predicted molar refractivity (Wildman–Crippen MR) is 112 cm³/mol. The van der Waals surface area contributed by atoms with E-state index in [-0.39, 0.29) is 12.5 Å². The molecule has 2 aliphatic rings. The molecular weight excluding hydrogens is 438 g/mol. The number of rotatable bonds is 8. The molecule has 4 rings (SSSR count). The number of aliphatic carboxylic acids is 1. The molecule has 0 saturated heterocycles. The minimum Gasteiger partial charge on any atom is -0.480 e. The van der Waals surface area contributed by atoms with E-state index in [9.17, 15) is 23.2 Å². The van der Waals surface area contributed by atoms with Gasteiger partial charge in [-0.15, -0.1) is 0 Å². The van der Waals surface area contributed by atoms with Crippen molar-refractivity contribution in [3.8, 4) is 11.1 Å². The highest BCUT2D eigenvalue weighted by Gasteiger charge is 2.71. The molecule has 174 valence electrons. The largest absolute Gasteiger partial charge is 0.480 e. The van der Waals surface area contributed by atoms with Gasteiger partial charge in [0.15, 0.2) is 0 Å². The second kappa shape index (κ2) is 8.78. The number of nitrogens with one attached hydrogen (secondary N) is 2. The fourth-order valence-electron chi connectivity index (χ4n) is 4.29. The van der Waals surface area contributed by atoms with Crippen molar-refractivity contribution in [3.63, 3.8) is 0 Å². The van der Waals surface area contributed by atoms with E-state index in [2.05, 4.69) is 5.32 Å². The molecule has 2 unspecified atom stereocenters. The number of carboxylic acids is 1. The number of aliphatic hydroxyl groups excluding tert-OH is 1. The smallest absolute Gasteiger partial charge is 0.407 e. The Hall–Kier alpha value is -3.53. The van der Waals surface area contributed by atoms with Gasteiger partial charge in [0.25, 0.3) is 5.92 Å². The first-order valence-corrected chi connectivity index (χ1v) is 10.4. The van der Waals surface area contributed by atoms with Gasteiger partial charge in [-0.2, -0.15) is 0 Å². The highest BCUT2D eigenvalue weighted by molar-refractivity contribution is 5.88. The molecule has 10 heteroatoms. The minimum atomic E-state index is -3.40. The Kier molecular flexibility index (Phi) is 6.03. The molecule has 1 saturated carbocycles. The number of amides is 2. The topological polar surface area (TPSA) is 125 Å². The number of fused-ring (bicyclic) bond motifs is 3. The number of aliphatic hydroxyl groups is 1. The van der Waals surface area contributed by atoms with Crippen molar-refractivity contribution in [3.05, 3.63) is 59.7 Å². The van der Waals surface area contributed by atoms with Gasteiger partial charge >= 0.3 is 12.1 Å². The lowest BCUT2D eigenvalue weighted by Crippen LogP contribution is -2.44. The van der Waals surface area contributed by atoms with Crippen LogP contribution in [0.5, 0.6) is 0 Å². The Labute approximate surface area is 187 Å². The predicted octanol–water partition coefficient (Wildman–Crippen LogP) is 1.97. The molecule has 1 fully saturated rings. The Bertz CT molecular complexity index is 1050. The Morgan fingerprint density at radius 2 is 1.61 bits per heavy atom. The van der Waals surface area contributed by atoms with E-state index in [1.807, 2.05) is 53.8 Å². The summed E-state index contributed by atoms with van der Waals surface area (Å²) in [5.41, 5.74) is 4.12. The van der Waals surface area contributed by atoms with Crippen LogP contribution in [-0.2, 0) is 14.3 Å². The number of alkyl carbamates (subject to hydrolysis) is 1. The number of carbonyl (C=O) groups is 3. The number of ether oxygens (including phenoxy) is 1. The van der Waals surface area contributed by atoms with Crippen LogP contribution in [0, 0.1) is 11.8 Å². The van der Waals surface area contributed by atoms with E-state index in [1.165, 1.54) is 0 Å². The number of hydrogen-bond donors (Lipinski definition) is 4. The van der Waals surface area contributed by atoms with E-state index in [4.69, 9.17) is 14.9 Å². The van der Waals surface area contributed by atoms with Gasteiger partial charge in [0, 0.05) is 12.5 Å². The average molecular weight is 460 g/mol. The third-order valence-corrected chi connectivity index (χ3v) is 6.09. The number of carbonyl (C=O) groups excluding carboxylic acids is 2. The second-order valence-electron chi connectivity index (χ2n) is 8.05. The van der Waals surface area contributed by atoms with Crippen LogP contribution >= 0.6 is 0 Å². The third-order valence-electron chi connectivity index (χ3n) is 6.09. The SMILES string of the molecule is O=C(NCC1C(C(=O)N[C@H](CO)C(=O)O)C1(F)F)OCC1c2ccccc2-c2ccccc21. The summed E-state index contributed by atoms with van der Waals surface area (Å²) in [6.07, 6.45) is -0.891. The highest BCUT2D eigenvalue weighted by Crippen LogP contribution is 2.55. The van der Waals surface area contributed by atoms with Crippen LogP contribution in [0.3, 0.4) is 0 Å². The molecule has 0 heterocycles. The number of carboxylic acid groups (broad SMARTS) is 1. The van der Waals surface area contributed by atoms with Gasteiger partial charge in [-0.05, 0) is 22.3 Å². The summed E-state index contributed by atoms with van der Waals surface area (Å²) in [4.78, 5) is 35.0. The van der Waals surface area contributed by atoms with Crippen molar-refractivity contribution in [2.45, 2.75) is 17.9 Å². The van der Waals surface area contributed by atoms with Gasteiger partial charge in [-0.3, -0.25) is 4.79 Å². The van der Waals surface area contributed by atoms with Crippen molar-refractivity contribution in [2.24, 2.45) is 11.8 Å². The standard InChI is InChI=1S/C23H22F2N2O6/c24-23(25)17(19(23)20(29)27-18(10-28)21(30)31)9-26-22(32)33-11-16-14-7-3-1-5-12(14)13-6-2-4-8-15(13)16/h1-8,16-19,28H,9-11H2,(H,26,32)(H,27,29)(H,30,31)/t17?,18-,19?/m1/s1. The van der Waals surface area contributed by atoms with E-state index in [1.54, 1.807) is 0 Å². The quantitative estimate of drug-likeness (QED) is 0.478. The van der Waals surface area contributed by atoms with Crippen LogP contribution in [0.15, 0.2) is 48.5 Å². The third kappa shape index (κ3) is 4.25. The van der Waals surface area contributed by atoms with Gasteiger partial charge in [0.2, 0.25) is 5.91 Å². The maximum Gasteiger partial charge on any atom is 0.407 e. The van der Waals surface area contributed by atoms with Crippen LogP contribution in [0.25, 0.3) is 11.1 Å². The number of alkyl halides is 2. The highest BCUT2D eigenvalue weighted by atomic mass is 19.3. The summed E-state index contributed by atoms with van der Waals surface area (Å²) in [5, 5.41) is 21.9. The molecule has 0 radical (unpaired) electrons. The first-order chi connectivity index (χ1) is 15.8. The maximum absolute atomic E-state index is 14.0. The van der Waals surface area contributed by atoms with Crippen LogP contribution in [-0.4, -0.2) is 59.9 Å². The van der Waals surface area contributed by atoms with Crippen molar-refractivity contribution in [1.82, 2.24) is 10.6 Å². The summed E-state index contributed by atoms with van der Waals surface area (Å²) >= 11 is 0. The van der Waals surface area contributed by atoms with E-state index in [0.29, 0.717) is 0 Å². The molecule has 33 heavy (non-hydrogen) atoms. The van der Waals surface area contributed by atoms with Gasteiger partial charge < -0.3 is 25.6 Å². The van der Waals surface area contributed by atoms with Crippen molar-refractivity contribution < 1.29 is 38.1 Å². The van der Waals surface area contributed by atoms with Crippen LogP contribution in [0.4, 0.5) is 13.6 Å². The van der Waals surface area contributed by atoms with Crippen LogP contribution in [0.2, 0.25) is 0 Å². The Morgan fingerprint density at radius 3 is 2.15 bits per heavy atom. The first kappa shape index (κ1) is 22.7. The van der Waals surface area contributed by atoms with E-state index < -0.39 is 54.9 Å². The van der Waals surface area contributed by atoms with Crippen LogP contribution in [0.1, 0.15) is 17.0 Å². The fourth-order valence-corrected chi connectivity index (χ4v) is 4.29. The maximum atomic E-state index is 14.0. The lowest BCUT2D eigenvalue weighted by Gasteiger charge is -2.14. The molecular formula is C23H22F2N2O6. The van der Waals surface area contributed by atoms with Gasteiger partial charge in [0.1, 0.15) is 18.6 Å². The first-order valence-electron chi connectivity index (χ1n) is 10.4. The molecule has 0 aliphatic heterocycles.